The molecule has 27 heavy (non-hydrogen) atoms. The molecule has 1 aliphatic heterocycles. The molecule has 2 aromatic rings. The molecule has 2 heterocycles. The maximum absolute atomic E-state index is 12.9. The van der Waals surface area contributed by atoms with Crippen LogP contribution < -0.4 is 5.73 Å². The minimum Gasteiger partial charge on any atom is -0.396 e. The zero-order valence-corrected chi connectivity index (χ0v) is 16.2. The van der Waals surface area contributed by atoms with Crippen LogP contribution in [0, 0.1) is 11.3 Å². The fourth-order valence-electron chi connectivity index (χ4n) is 3.09. The topological polar surface area (TPSA) is 85.7 Å². The first-order valence-electron chi connectivity index (χ1n) is 8.99. The molecule has 1 fully saturated rings. The van der Waals surface area contributed by atoms with E-state index in [0.717, 1.165) is 31.5 Å². The second kappa shape index (κ2) is 8.69. The Balaban J connectivity index is 1.76. The van der Waals surface area contributed by atoms with Gasteiger partial charge in [0, 0.05) is 32.1 Å². The number of nitrogens with zero attached hydrogens (tertiary/aromatic N) is 4. The van der Waals surface area contributed by atoms with E-state index in [9.17, 15) is 10.1 Å². The van der Waals surface area contributed by atoms with Crippen LogP contribution in [0.4, 0.5) is 11.4 Å². The number of hydrogen-bond donors (Lipinski definition) is 1. The molecule has 1 amide bonds. The second-order valence-electron chi connectivity index (χ2n) is 6.64. The lowest BCUT2D eigenvalue weighted by Gasteiger charge is -2.23. The molecule has 1 aromatic carbocycles. The molecule has 1 aromatic heterocycles. The fraction of sp³-hybridized carbons (Fsp3) is 0.350. The van der Waals surface area contributed by atoms with Crippen LogP contribution in [0.5, 0.6) is 0 Å². The summed E-state index contributed by atoms with van der Waals surface area (Å²) in [5.74, 6) is -0.143. The lowest BCUT2D eigenvalue weighted by molar-refractivity contribution is 0.0790. The zero-order valence-electron chi connectivity index (χ0n) is 15.4. The van der Waals surface area contributed by atoms with E-state index in [4.69, 9.17) is 5.73 Å². The number of nitrogens with two attached hydrogens (primary N) is 1. The van der Waals surface area contributed by atoms with Crippen LogP contribution >= 0.6 is 11.3 Å². The average Bonchev–Trinajstić information content (AvgIpc) is 3.07. The predicted molar refractivity (Wildman–Crippen MR) is 109 cm³/mol. The molecule has 7 heteroatoms. The lowest BCUT2D eigenvalue weighted by atomic mass is 10.1. The highest BCUT2D eigenvalue weighted by Crippen LogP contribution is 2.34. The number of carbonyl (C=O) groups excluding carboxylic acids is 1. The SMILES string of the molecule is CN(Cc1ccccc1C#N)C(=O)c1scc(N)c1/N=C/N1CCCCC1. The van der Waals surface area contributed by atoms with Gasteiger partial charge in [0.05, 0.1) is 23.7 Å². The van der Waals surface area contributed by atoms with E-state index >= 15 is 0 Å². The first-order chi connectivity index (χ1) is 13.1. The molecule has 0 radical (unpaired) electrons. The van der Waals surface area contributed by atoms with Crippen molar-refractivity contribution in [2.75, 3.05) is 25.9 Å². The van der Waals surface area contributed by atoms with Crippen LogP contribution in [0.2, 0.25) is 0 Å². The highest BCUT2D eigenvalue weighted by atomic mass is 32.1. The summed E-state index contributed by atoms with van der Waals surface area (Å²) in [5.41, 5.74) is 8.51. The largest absolute Gasteiger partial charge is 0.396 e. The van der Waals surface area contributed by atoms with Gasteiger partial charge in [-0.05, 0) is 30.9 Å². The van der Waals surface area contributed by atoms with Crippen molar-refractivity contribution in [1.82, 2.24) is 9.80 Å². The first kappa shape index (κ1) is 18.9. The molecule has 140 valence electrons. The number of hydrogen-bond acceptors (Lipinski definition) is 5. The fourth-order valence-corrected chi connectivity index (χ4v) is 3.99. The molecule has 0 aliphatic carbocycles. The van der Waals surface area contributed by atoms with Gasteiger partial charge < -0.3 is 15.5 Å². The molecule has 0 saturated carbocycles. The Labute approximate surface area is 163 Å². The van der Waals surface area contributed by atoms with E-state index in [-0.39, 0.29) is 5.91 Å². The number of anilines is 1. The Morgan fingerprint density at radius 3 is 2.85 bits per heavy atom. The van der Waals surface area contributed by atoms with Crippen LogP contribution in [0.15, 0.2) is 34.6 Å². The van der Waals surface area contributed by atoms with Gasteiger partial charge >= 0.3 is 0 Å². The van der Waals surface area contributed by atoms with Crippen molar-refractivity contribution in [3.8, 4) is 6.07 Å². The Bertz CT molecular complexity index is 877. The monoisotopic (exact) mass is 381 g/mol. The van der Waals surface area contributed by atoms with Crippen LogP contribution in [0.1, 0.15) is 40.1 Å². The quantitative estimate of drug-likeness (QED) is 0.633. The summed E-state index contributed by atoms with van der Waals surface area (Å²) >= 11 is 1.31. The molecule has 0 bridgehead atoms. The van der Waals surface area contributed by atoms with Crippen molar-refractivity contribution in [3.63, 3.8) is 0 Å². The minimum atomic E-state index is -0.143. The molecule has 0 unspecified atom stereocenters. The normalized spacial score (nSPS) is 14.3. The highest BCUT2D eigenvalue weighted by Gasteiger charge is 2.21. The van der Waals surface area contributed by atoms with Gasteiger partial charge in [-0.3, -0.25) is 4.79 Å². The summed E-state index contributed by atoms with van der Waals surface area (Å²) < 4.78 is 0. The third kappa shape index (κ3) is 4.47. The molecule has 0 spiro atoms. The van der Waals surface area contributed by atoms with E-state index in [0.29, 0.717) is 28.4 Å². The molecule has 1 saturated heterocycles. The van der Waals surface area contributed by atoms with Gasteiger partial charge in [-0.15, -0.1) is 11.3 Å². The number of rotatable bonds is 5. The number of amides is 1. The molecule has 1 aliphatic rings. The standard InChI is InChI=1S/C20H23N5OS/c1-24(12-16-8-4-3-7-15(16)11-21)20(26)19-18(17(22)13-27-19)23-14-25-9-5-2-6-10-25/h3-4,7-8,13-14H,2,5-6,9-10,12,22H2,1H3/b23-14+. The number of nitriles is 1. The first-order valence-corrected chi connectivity index (χ1v) is 9.86. The molecular weight excluding hydrogens is 358 g/mol. The Kier molecular flexibility index (Phi) is 6.09. The van der Waals surface area contributed by atoms with Crippen LogP contribution in [-0.2, 0) is 6.54 Å². The average molecular weight is 382 g/mol. The molecule has 3 rings (SSSR count). The van der Waals surface area contributed by atoms with Crippen molar-refractivity contribution in [2.45, 2.75) is 25.8 Å². The van der Waals surface area contributed by atoms with Gasteiger partial charge in [0.1, 0.15) is 10.6 Å². The summed E-state index contributed by atoms with van der Waals surface area (Å²) in [7, 11) is 1.73. The number of carbonyl (C=O) groups is 1. The predicted octanol–water partition coefficient (Wildman–Crippen LogP) is 3.62. The van der Waals surface area contributed by atoms with Crippen molar-refractivity contribution in [3.05, 3.63) is 45.6 Å². The summed E-state index contributed by atoms with van der Waals surface area (Å²) in [6.45, 7) is 2.33. The van der Waals surface area contributed by atoms with Crippen molar-refractivity contribution < 1.29 is 4.79 Å². The van der Waals surface area contributed by atoms with Gasteiger partial charge in [0.25, 0.3) is 5.91 Å². The summed E-state index contributed by atoms with van der Waals surface area (Å²) in [6.07, 6.45) is 5.39. The summed E-state index contributed by atoms with van der Waals surface area (Å²) in [5, 5.41) is 11.0. The second-order valence-corrected chi connectivity index (χ2v) is 7.52. The van der Waals surface area contributed by atoms with Gasteiger partial charge in [-0.1, -0.05) is 18.2 Å². The third-order valence-electron chi connectivity index (χ3n) is 4.62. The minimum absolute atomic E-state index is 0.143. The van der Waals surface area contributed by atoms with Crippen molar-refractivity contribution >= 4 is 35.0 Å². The molecule has 2 N–H and O–H groups in total. The lowest BCUT2D eigenvalue weighted by Crippen LogP contribution is -2.28. The Hall–Kier alpha value is -2.85. The van der Waals surface area contributed by atoms with E-state index in [1.165, 1.54) is 17.8 Å². The number of thiophene rings is 1. The summed E-state index contributed by atoms with van der Waals surface area (Å²) in [4.78, 5) is 21.8. The number of nitrogen functional groups attached to an aromatic ring is 1. The van der Waals surface area contributed by atoms with Crippen molar-refractivity contribution in [1.29, 1.82) is 5.26 Å². The van der Waals surface area contributed by atoms with Gasteiger partial charge in [0.15, 0.2) is 0 Å². The highest BCUT2D eigenvalue weighted by molar-refractivity contribution is 7.13. The van der Waals surface area contributed by atoms with Gasteiger partial charge in [0.2, 0.25) is 0 Å². The number of likely N-dealkylation sites (tertiary alicyclic amines) is 1. The molecule has 0 atom stereocenters. The molecule has 6 nitrogen and oxygen atoms in total. The van der Waals surface area contributed by atoms with Gasteiger partial charge in [-0.25, -0.2) is 4.99 Å². The zero-order chi connectivity index (χ0) is 19.2. The van der Waals surface area contributed by atoms with E-state index < -0.39 is 0 Å². The van der Waals surface area contributed by atoms with E-state index in [2.05, 4.69) is 16.0 Å². The molecular formula is C20H23N5OS. The van der Waals surface area contributed by atoms with Crippen LogP contribution in [-0.4, -0.2) is 42.2 Å². The maximum atomic E-state index is 12.9. The number of piperidine rings is 1. The third-order valence-corrected chi connectivity index (χ3v) is 5.59. The maximum Gasteiger partial charge on any atom is 0.266 e. The Morgan fingerprint density at radius 1 is 1.37 bits per heavy atom. The van der Waals surface area contributed by atoms with Crippen LogP contribution in [0.3, 0.4) is 0 Å². The van der Waals surface area contributed by atoms with Crippen LogP contribution in [0.25, 0.3) is 0 Å². The number of benzene rings is 1. The smallest absolute Gasteiger partial charge is 0.266 e. The van der Waals surface area contributed by atoms with E-state index in [1.54, 1.807) is 29.7 Å². The number of aliphatic imine (C=N–C) groups is 1. The van der Waals surface area contributed by atoms with Gasteiger partial charge in [-0.2, -0.15) is 5.26 Å². The summed E-state index contributed by atoms with van der Waals surface area (Å²) in [6, 6.07) is 9.47. The van der Waals surface area contributed by atoms with E-state index in [1.807, 2.05) is 18.2 Å². The Morgan fingerprint density at radius 2 is 2.11 bits per heavy atom. The van der Waals surface area contributed by atoms with Crippen molar-refractivity contribution in [2.24, 2.45) is 4.99 Å².